The standard InChI is InChI=1S/C15H16N4O4S3/c16-12(20)7-24-14-18-19-15(26-14)25-8-13(21)17-9-2-3-10-11(6-9)23-5-1-4-22-10/h2-3,6H,1,4-5,7-8H2,(H2,16,20)(H,17,21). The predicted molar refractivity (Wildman–Crippen MR) is 101 cm³/mol. The number of carbonyl (C=O) groups is 2. The predicted octanol–water partition coefficient (Wildman–Crippen LogP) is 2.01. The number of fused-ring (bicyclic) bond motifs is 1. The molecule has 0 atom stereocenters. The molecule has 3 rings (SSSR count). The molecule has 1 aliphatic rings. The van der Waals surface area contributed by atoms with Crippen LogP contribution in [-0.2, 0) is 9.59 Å². The second kappa shape index (κ2) is 9.10. The number of hydrogen-bond donors (Lipinski definition) is 2. The molecule has 138 valence electrons. The molecule has 0 bridgehead atoms. The van der Waals surface area contributed by atoms with Crippen molar-refractivity contribution in [3.63, 3.8) is 0 Å². The van der Waals surface area contributed by atoms with Gasteiger partial charge in [-0.1, -0.05) is 34.9 Å². The van der Waals surface area contributed by atoms with Crippen LogP contribution in [-0.4, -0.2) is 46.7 Å². The van der Waals surface area contributed by atoms with Crippen LogP contribution >= 0.6 is 34.9 Å². The molecule has 0 spiro atoms. The van der Waals surface area contributed by atoms with Crippen molar-refractivity contribution in [3.05, 3.63) is 18.2 Å². The van der Waals surface area contributed by atoms with Crippen molar-refractivity contribution in [1.82, 2.24) is 10.2 Å². The summed E-state index contributed by atoms with van der Waals surface area (Å²) in [5.74, 6) is 1.10. The molecule has 2 amide bonds. The fourth-order valence-electron chi connectivity index (χ4n) is 2.01. The summed E-state index contributed by atoms with van der Waals surface area (Å²) < 4.78 is 12.5. The number of carbonyl (C=O) groups excluding carboxylic acids is 2. The van der Waals surface area contributed by atoms with Crippen molar-refractivity contribution < 1.29 is 19.1 Å². The van der Waals surface area contributed by atoms with Crippen LogP contribution < -0.4 is 20.5 Å². The van der Waals surface area contributed by atoms with Gasteiger partial charge in [-0.2, -0.15) is 0 Å². The lowest BCUT2D eigenvalue weighted by atomic mass is 10.2. The third kappa shape index (κ3) is 5.51. The third-order valence-electron chi connectivity index (χ3n) is 3.08. The van der Waals surface area contributed by atoms with Crippen LogP contribution in [0.3, 0.4) is 0 Å². The number of thioether (sulfide) groups is 2. The van der Waals surface area contributed by atoms with Gasteiger partial charge in [-0.15, -0.1) is 10.2 Å². The largest absolute Gasteiger partial charge is 0.490 e. The molecule has 26 heavy (non-hydrogen) atoms. The molecule has 0 radical (unpaired) electrons. The van der Waals surface area contributed by atoms with E-state index >= 15 is 0 Å². The molecule has 8 nitrogen and oxygen atoms in total. The summed E-state index contributed by atoms with van der Waals surface area (Å²) in [5, 5.41) is 10.8. The molecule has 0 saturated heterocycles. The number of nitrogens with two attached hydrogens (primary N) is 1. The summed E-state index contributed by atoms with van der Waals surface area (Å²) in [5.41, 5.74) is 5.74. The Morgan fingerprint density at radius 3 is 2.54 bits per heavy atom. The fraction of sp³-hybridized carbons (Fsp3) is 0.333. The van der Waals surface area contributed by atoms with Crippen LogP contribution in [0.1, 0.15) is 6.42 Å². The summed E-state index contributed by atoms with van der Waals surface area (Å²) in [4.78, 5) is 22.9. The Balaban J connectivity index is 1.50. The van der Waals surface area contributed by atoms with Gasteiger partial charge in [0.2, 0.25) is 11.8 Å². The van der Waals surface area contributed by atoms with Crippen molar-refractivity contribution in [2.24, 2.45) is 5.73 Å². The number of ether oxygens (including phenoxy) is 2. The minimum atomic E-state index is -0.408. The van der Waals surface area contributed by atoms with Gasteiger partial charge in [-0.25, -0.2) is 0 Å². The van der Waals surface area contributed by atoms with E-state index in [2.05, 4.69) is 15.5 Å². The number of aromatic nitrogens is 2. The van der Waals surface area contributed by atoms with E-state index in [1.165, 1.54) is 34.9 Å². The smallest absolute Gasteiger partial charge is 0.234 e. The van der Waals surface area contributed by atoms with Gasteiger partial charge >= 0.3 is 0 Å². The van der Waals surface area contributed by atoms with Crippen molar-refractivity contribution in [1.29, 1.82) is 0 Å². The Bertz CT molecular complexity index is 799. The van der Waals surface area contributed by atoms with Crippen molar-refractivity contribution in [3.8, 4) is 11.5 Å². The van der Waals surface area contributed by atoms with Gasteiger partial charge < -0.3 is 20.5 Å². The fourth-order valence-corrected chi connectivity index (χ4v) is 4.57. The van der Waals surface area contributed by atoms with E-state index < -0.39 is 5.91 Å². The molecule has 2 aromatic rings. The van der Waals surface area contributed by atoms with Crippen molar-refractivity contribution in [2.45, 2.75) is 15.1 Å². The molecular formula is C15H16N4O4S3. The van der Waals surface area contributed by atoms with E-state index in [9.17, 15) is 9.59 Å². The molecule has 0 fully saturated rings. The summed E-state index contributed by atoms with van der Waals surface area (Å²) in [7, 11) is 0. The van der Waals surface area contributed by atoms with Crippen LogP contribution in [0.5, 0.6) is 11.5 Å². The Kier molecular flexibility index (Phi) is 6.58. The van der Waals surface area contributed by atoms with E-state index in [-0.39, 0.29) is 17.4 Å². The van der Waals surface area contributed by atoms with Gasteiger partial charge in [0.1, 0.15) is 0 Å². The van der Waals surface area contributed by atoms with Gasteiger partial charge in [0.15, 0.2) is 20.2 Å². The second-order valence-electron chi connectivity index (χ2n) is 5.14. The number of nitrogens with zero attached hydrogens (tertiary/aromatic N) is 2. The van der Waals surface area contributed by atoms with Crippen molar-refractivity contribution >= 4 is 52.4 Å². The highest BCUT2D eigenvalue weighted by Crippen LogP contribution is 2.32. The topological polar surface area (TPSA) is 116 Å². The average molecular weight is 413 g/mol. The average Bonchev–Trinajstić information content (AvgIpc) is 2.94. The summed E-state index contributed by atoms with van der Waals surface area (Å²) >= 11 is 3.84. The highest BCUT2D eigenvalue weighted by atomic mass is 32.2. The van der Waals surface area contributed by atoms with Gasteiger partial charge in [0, 0.05) is 18.2 Å². The first-order valence-corrected chi connectivity index (χ1v) is 10.5. The molecule has 11 heteroatoms. The maximum absolute atomic E-state index is 12.1. The second-order valence-corrected chi connectivity index (χ2v) is 8.56. The molecule has 0 aliphatic carbocycles. The number of primary amides is 1. The SMILES string of the molecule is NC(=O)CSc1nnc(SCC(=O)Nc2ccc3c(c2)OCCCO3)s1. The van der Waals surface area contributed by atoms with Gasteiger partial charge in [-0.3, -0.25) is 9.59 Å². The third-order valence-corrected chi connectivity index (χ3v) is 6.30. The number of rotatable bonds is 7. The maximum atomic E-state index is 12.1. The Morgan fingerprint density at radius 1 is 1.12 bits per heavy atom. The summed E-state index contributed by atoms with van der Waals surface area (Å²) in [6, 6.07) is 5.32. The minimum Gasteiger partial charge on any atom is -0.490 e. The lowest BCUT2D eigenvalue weighted by molar-refractivity contribution is -0.115. The number of anilines is 1. The normalized spacial score (nSPS) is 13.1. The maximum Gasteiger partial charge on any atom is 0.234 e. The molecular weight excluding hydrogens is 396 g/mol. The van der Waals surface area contributed by atoms with Crippen LogP contribution in [0.15, 0.2) is 26.9 Å². The lowest BCUT2D eigenvalue weighted by Crippen LogP contribution is -2.14. The van der Waals surface area contributed by atoms with Crippen LogP contribution in [0.25, 0.3) is 0 Å². The molecule has 1 aromatic heterocycles. The van der Waals surface area contributed by atoms with E-state index in [0.717, 1.165) is 6.42 Å². The molecule has 2 heterocycles. The number of amides is 2. The number of benzene rings is 1. The first-order valence-electron chi connectivity index (χ1n) is 7.67. The zero-order valence-electron chi connectivity index (χ0n) is 13.6. The van der Waals surface area contributed by atoms with E-state index in [1.807, 2.05) is 0 Å². The van der Waals surface area contributed by atoms with Gasteiger partial charge in [0.05, 0.1) is 24.7 Å². The van der Waals surface area contributed by atoms with E-state index in [4.69, 9.17) is 15.2 Å². The quantitative estimate of drug-likeness (QED) is 0.664. The van der Waals surface area contributed by atoms with Crippen LogP contribution in [0.2, 0.25) is 0 Å². The van der Waals surface area contributed by atoms with Gasteiger partial charge in [0.25, 0.3) is 0 Å². The minimum absolute atomic E-state index is 0.157. The molecule has 1 aromatic carbocycles. The zero-order chi connectivity index (χ0) is 18.4. The Hall–Kier alpha value is -1.98. The Labute approximate surface area is 162 Å². The summed E-state index contributed by atoms with van der Waals surface area (Å²) in [6.07, 6.45) is 0.828. The monoisotopic (exact) mass is 412 g/mol. The highest BCUT2D eigenvalue weighted by molar-refractivity contribution is 8.03. The molecule has 0 unspecified atom stereocenters. The first kappa shape index (κ1) is 18.8. The summed E-state index contributed by atoms with van der Waals surface area (Å²) in [6.45, 7) is 1.21. The van der Waals surface area contributed by atoms with Crippen molar-refractivity contribution in [2.75, 3.05) is 30.0 Å². The van der Waals surface area contributed by atoms with E-state index in [1.54, 1.807) is 18.2 Å². The zero-order valence-corrected chi connectivity index (χ0v) is 16.0. The molecule has 3 N–H and O–H groups in total. The lowest BCUT2D eigenvalue weighted by Gasteiger charge is -2.10. The van der Waals surface area contributed by atoms with Crippen LogP contribution in [0, 0.1) is 0 Å². The number of nitrogens with one attached hydrogen (secondary N) is 1. The first-order chi connectivity index (χ1) is 12.6. The van der Waals surface area contributed by atoms with Crippen LogP contribution in [0.4, 0.5) is 5.69 Å². The number of hydrogen-bond acceptors (Lipinski definition) is 9. The molecule has 1 aliphatic heterocycles. The highest BCUT2D eigenvalue weighted by Gasteiger charge is 2.13. The van der Waals surface area contributed by atoms with Gasteiger partial charge in [-0.05, 0) is 12.1 Å². The molecule has 0 saturated carbocycles. The Morgan fingerprint density at radius 2 is 1.81 bits per heavy atom. The van der Waals surface area contributed by atoms with E-state index in [0.29, 0.717) is 39.1 Å².